The SMILES string of the molecule is CC(C)(C)OC(=O)NCCn1c(=O)n(CC(=O)OCc2ccccc2)c(=O)n(CC(=O)OCc2ccccc2)c1=O. The standard InChI is InChI=1S/C28H32N4O9/c1-28(2,3)41-24(35)29-14-15-30-25(36)31(16-22(33)39-18-20-10-6-4-7-11-20)27(38)32(26(30)37)17-23(34)40-19-21-12-8-5-9-13-21/h4-13H,14-19H2,1-3H3,(H,29,35). The molecule has 0 aliphatic rings. The number of ether oxygens (including phenoxy) is 3. The molecule has 1 heterocycles. The van der Waals surface area contributed by atoms with E-state index in [0.29, 0.717) is 24.8 Å². The van der Waals surface area contributed by atoms with Gasteiger partial charge in [-0.25, -0.2) is 32.9 Å². The Balaban J connectivity index is 1.83. The molecule has 2 aromatic carbocycles. The lowest BCUT2D eigenvalue weighted by Gasteiger charge is -2.19. The van der Waals surface area contributed by atoms with Crippen molar-refractivity contribution in [2.45, 2.75) is 59.2 Å². The molecule has 41 heavy (non-hydrogen) atoms. The summed E-state index contributed by atoms with van der Waals surface area (Å²) < 4.78 is 17.1. The fourth-order valence-electron chi connectivity index (χ4n) is 3.55. The number of aromatic nitrogens is 3. The summed E-state index contributed by atoms with van der Waals surface area (Å²) in [5, 5.41) is 2.41. The molecule has 218 valence electrons. The summed E-state index contributed by atoms with van der Waals surface area (Å²) in [7, 11) is 0. The topological polar surface area (TPSA) is 157 Å². The minimum Gasteiger partial charge on any atom is -0.459 e. The first-order chi connectivity index (χ1) is 19.4. The Morgan fingerprint density at radius 1 is 0.683 bits per heavy atom. The Hall–Kier alpha value is -4.94. The normalized spacial score (nSPS) is 11.0. The van der Waals surface area contributed by atoms with Crippen molar-refractivity contribution < 1.29 is 28.6 Å². The number of carbonyl (C=O) groups is 3. The summed E-state index contributed by atoms with van der Waals surface area (Å²) in [6.07, 6.45) is -0.784. The lowest BCUT2D eigenvalue weighted by molar-refractivity contribution is -0.146. The molecule has 0 aliphatic carbocycles. The van der Waals surface area contributed by atoms with Gasteiger partial charge in [0, 0.05) is 13.1 Å². The van der Waals surface area contributed by atoms with Gasteiger partial charge in [0.25, 0.3) is 0 Å². The van der Waals surface area contributed by atoms with Crippen LogP contribution in [0.5, 0.6) is 0 Å². The molecule has 0 spiro atoms. The fourth-order valence-corrected chi connectivity index (χ4v) is 3.55. The van der Waals surface area contributed by atoms with E-state index in [-0.39, 0.29) is 26.3 Å². The van der Waals surface area contributed by atoms with Crippen LogP contribution >= 0.6 is 0 Å². The molecule has 3 aromatic rings. The highest BCUT2D eigenvalue weighted by atomic mass is 16.6. The summed E-state index contributed by atoms with van der Waals surface area (Å²) in [5.74, 6) is -1.83. The fraction of sp³-hybridized carbons (Fsp3) is 0.357. The van der Waals surface area contributed by atoms with Gasteiger partial charge in [-0.15, -0.1) is 0 Å². The van der Waals surface area contributed by atoms with Crippen molar-refractivity contribution in [3.05, 3.63) is 103 Å². The van der Waals surface area contributed by atoms with E-state index in [2.05, 4.69) is 5.32 Å². The highest BCUT2D eigenvalue weighted by molar-refractivity contribution is 5.70. The minimum absolute atomic E-state index is 0.103. The number of nitrogens with one attached hydrogen (secondary N) is 1. The number of esters is 2. The van der Waals surface area contributed by atoms with Gasteiger partial charge in [-0.2, -0.15) is 0 Å². The van der Waals surface area contributed by atoms with Crippen LogP contribution in [0.4, 0.5) is 4.79 Å². The molecule has 13 heteroatoms. The van der Waals surface area contributed by atoms with Gasteiger partial charge in [0.05, 0.1) is 0 Å². The van der Waals surface area contributed by atoms with Crippen LogP contribution in [0, 0.1) is 0 Å². The van der Waals surface area contributed by atoms with Gasteiger partial charge in [0.1, 0.15) is 31.9 Å². The molecule has 1 amide bonds. The molecule has 0 atom stereocenters. The molecule has 0 aliphatic heterocycles. The number of benzene rings is 2. The van der Waals surface area contributed by atoms with Crippen molar-refractivity contribution in [2.24, 2.45) is 0 Å². The highest BCUT2D eigenvalue weighted by Crippen LogP contribution is 2.06. The number of rotatable bonds is 11. The van der Waals surface area contributed by atoms with Crippen molar-refractivity contribution in [2.75, 3.05) is 6.54 Å². The monoisotopic (exact) mass is 568 g/mol. The van der Waals surface area contributed by atoms with E-state index in [4.69, 9.17) is 14.2 Å². The van der Waals surface area contributed by atoms with Crippen molar-refractivity contribution in [1.82, 2.24) is 19.0 Å². The molecular weight excluding hydrogens is 536 g/mol. The van der Waals surface area contributed by atoms with E-state index in [1.807, 2.05) is 0 Å². The second-order valence-corrected chi connectivity index (χ2v) is 9.89. The van der Waals surface area contributed by atoms with E-state index in [9.17, 15) is 28.8 Å². The zero-order valence-corrected chi connectivity index (χ0v) is 23.0. The predicted octanol–water partition coefficient (Wildman–Crippen LogP) is 1.18. The van der Waals surface area contributed by atoms with Gasteiger partial charge >= 0.3 is 35.1 Å². The zero-order chi connectivity index (χ0) is 30.0. The lowest BCUT2D eigenvalue weighted by Crippen LogP contribution is -2.56. The van der Waals surface area contributed by atoms with E-state index in [1.165, 1.54) is 0 Å². The maximum absolute atomic E-state index is 13.1. The van der Waals surface area contributed by atoms with Crippen molar-refractivity contribution in [3.63, 3.8) is 0 Å². The number of nitrogens with zero attached hydrogens (tertiary/aromatic N) is 3. The van der Waals surface area contributed by atoms with Crippen LogP contribution in [0.3, 0.4) is 0 Å². The highest BCUT2D eigenvalue weighted by Gasteiger charge is 2.21. The second kappa shape index (κ2) is 13.9. The third-order valence-corrected chi connectivity index (χ3v) is 5.45. The Kier molecular flexibility index (Phi) is 10.4. The largest absolute Gasteiger partial charge is 0.459 e. The summed E-state index contributed by atoms with van der Waals surface area (Å²) in [6.45, 7) is 2.56. The van der Waals surface area contributed by atoms with Crippen LogP contribution in [0.25, 0.3) is 0 Å². The average molecular weight is 569 g/mol. The average Bonchev–Trinajstić information content (AvgIpc) is 2.93. The second-order valence-electron chi connectivity index (χ2n) is 9.89. The molecule has 1 aromatic heterocycles. The molecule has 1 N–H and O–H groups in total. The van der Waals surface area contributed by atoms with E-state index < -0.39 is 53.8 Å². The maximum Gasteiger partial charge on any atom is 0.407 e. The van der Waals surface area contributed by atoms with Gasteiger partial charge in [0.15, 0.2) is 0 Å². The van der Waals surface area contributed by atoms with Crippen molar-refractivity contribution in [1.29, 1.82) is 0 Å². The number of carbonyl (C=O) groups excluding carboxylic acids is 3. The van der Waals surface area contributed by atoms with E-state index in [1.54, 1.807) is 81.4 Å². The van der Waals surface area contributed by atoms with Gasteiger partial charge in [-0.3, -0.25) is 9.59 Å². The summed E-state index contributed by atoms with van der Waals surface area (Å²) >= 11 is 0. The Bertz CT molecular complexity index is 1440. The first-order valence-electron chi connectivity index (χ1n) is 12.7. The van der Waals surface area contributed by atoms with Crippen LogP contribution in [0.15, 0.2) is 75.0 Å². The molecule has 0 saturated heterocycles. The van der Waals surface area contributed by atoms with E-state index in [0.717, 1.165) is 0 Å². The lowest BCUT2D eigenvalue weighted by atomic mass is 10.2. The molecule has 0 saturated carbocycles. The van der Waals surface area contributed by atoms with E-state index >= 15 is 0 Å². The Labute approximate surface area is 234 Å². The number of hydrogen-bond acceptors (Lipinski definition) is 9. The number of alkyl carbamates (subject to hydrolysis) is 1. The third kappa shape index (κ3) is 9.34. The van der Waals surface area contributed by atoms with Crippen molar-refractivity contribution >= 4 is 18.0 Å². The molecular formula is C28H32N4O9. The first kappa shape index (κ1) is 30.6. The maximum atomic E-state index is 13.1. The molecule has 0 fully saturated rings. The van der Waals surface area contributed by atoms with Crippen LogP contribution in [-0.2, 0) is 56.6 Å². The molecule has 0 radical (unpaired) electrons. The van der Waals surface area contributed by atoms with Crippen LogP contribution < -0.4 is 22.4 Å². The smallest absolute Gasteiger partial charge is 0.407 e. The molecule has 3 rings (SSSR count). The third-order valence-electron chi connectivity index (χ3n) is 5.45. The van der Waals surface area contributed by atoms with Gasteiger partial charge in [-0.05, 0) is 31.9 Å². The van der Waals surface area contributed by atoms with Gasteiger partial charge in [0.2, 0.25) is 0 Å². The minimum atomic E-state index is -1.19. The van der Waals surface area contributed by atoms with Crippen LogP contribution in [0.2, 0.25) is 0 Å². The summed E-state index contributed by atoms with van der Waals surface area (Å²) in [5.41, 5.74) is -2.83. The molecule has 13 nitrogen and oxygen atoms in total. The quantitative estimate of drug-likeness (QED) is 0.265. The zero-order valence-electron chi connectivity index (χ0n) is 23.0. The first-order valence-corrected chi connectivity index (χ1v) is 12.7. The molecule has 0 bridgehead atoms. The Morgan fingerprint density at radius 2 is 1.10 bits per heavy atom. The molecule has 0 unspecified atom stereocenters. The summed E-state index contributed by atoms with van der Waals surface area (Å²) in [4.78, 5) is 76.4. The summed E-state index contributed by atoms with van der Waals surface area (Å²) in [6, 6.07) is 17.5. The van der Waals surface area contributed by atoms with Gasteiger partial charge in [-0.1, -0.05) is 60.7 Å². The van der Waals surface area contributed by atoms with Crippen molar-refractivity contribution in [3.8, 4) is 0 Å². The van der Waals surface area contributed by atoms with Crippen LogP contribution in [0.1, 0.15) is 31.9 Å². The Morgan fingerprint density at radius 3 is 1.51 bits per heavy atom. The number of amides is 1. The van der Waals surface area contributed by atoms with Crippen LogP contribution in [-0.4, -0.2) is 43.9 Å². The number of hydrogen-bond donors (Lipinski definition) is 1. The van der Waals surface area contributed by atoms with Gasteiger partial charge < -0.3 is 19.5 Å². The predicted molar refractivity (Wildman–Crippen MR) is 146 cm³/mol.